The van der Waals surface area contributed by atoms with Crippen molar-refractivity contribution >= 4 is 17.7 Å². The molecule has 168 valence electrons. The molecule has 0 fully saturated rings. The van der Waals surface area contributed by atoms with E-state index in [4.69, 9.17) is 4.74 Å². The Hall–Kier alpha value is -2.96. The molecule has 0 aliphatic carbocycles. The molecule has 2 aromatic rings. The van der Waals surface area contributed by atoms with E-state index in [-0.39, 0.29) is 36.6 Å². The molecule has 0 bridgehead atoms. The van der Waals surface area contributed by atoms with Crippen LogP contribution in [0.1, 0.15) is 65.4 Å². The van der Waals surface area contributed by atoms with E-state index in [2.05, 4.69) is 0 Å². The quantitative estimate of drug-likeness (QED) is 0.465. The number of Topliss-reactive ketones (excluding diaryl/α,β-unsaturated/α-hetero) is 1. The number of ether oxygens (including phenoxy) is 1. The number of rotatable bonds is 8. The molecule has 0 saturated heterocycles. The van der Waals surface area contributed by atoms with Crippen LogP contribution in [0.25, 0.3) is 0 Å². The number of benzene rings is 1. The topological polar surface area (TPSA) is 68.6 Å². The van der Waals surface area contributed by atoms with Gasteiger partial charge in [0.2, 0.25) is 5.91 Å². The summed E-state index contributed by atoms with van der Waals surface area (Å²) >= 11 is 0. The van der Waals surface area contributed by atoms with Crippen molar-refractivity contribution in [1.29, 1.82) is 0 Å². The molecule has 1 aromatic carbocycles. The summed E-state index contributed by atoms with van der Waals surface area (Å²) in [6.45, 7) is 10.8. The molecular formula is C24H31FN2O4. The van der Waals surface area contributed by atoms with Crippen molar-refractivity contribution in [3.8, 4) is 0 Å². The zero-order chi connectivity index (χ0) is 23.5. The van der Waals surface area contributed by atoms with Crippen molar-refractivity contribution < 1.29 is 23.5 Å². The van der Waals surface area contributed by atoms with Gasteiger partial charge in [-0.05, 0) is 51.0 Å². The second-order valence-corrected chi connectivity index (χ2v) is 8.00. The summed E-state index contributed by atoms with van der Waals surface area (Å²) in [5, 5.41) is 0. The second-order valence-electron chi connectivity index (χ2n) is 8.00. The fraction of sp³-hybridized carbons (Fsp3) is 0.458. The molecule has 2 rings (SSSR count). The largest absolute Gasteiger partial charge is 0.461 e. The third-order valence-electron chi connectivity index (χ3n) is 5.54. The first-order valence-corrected chi connectivity index (χ1v) is 10.4. The van der Waals surface area contributed by atoms with Gasteiger partial charge in [-0.2, -0.15) is 0 Å². The van der Waals surface area contributed by atoms with E-state index in [9.17, 15) is 18.8 Å². The van der Waals surface area contributed by atoms with Gasteiger partial charge in [0.15, 0.2) is 5.78 Å². The third kappa shape index (κ3) is 5.03. The molecule has 0 N–H and O–H groups in total. The average molecular weight is 431 g/mol. The monoisotopic (exact) mass is 430 g/mol. The van der Waals surface area contributed by atoms with Gasteiger partial charge in [-0.15, -0.1) is 0 Å². The molecule has 0 radical (unpaired) electrons. The van der Waals surface area contributed by atoms with Gasteiger partial charge >= 0.3 is 5.97 Å². The number of carbonyl (C=O) groups is 3. The van der Waals surface area contributed by atoms with E-state index >= 15 is 0 Å². The number of ketones is 1. The number of hydrogen-bond acceptors (Lipinski definition) is 4. The van der Waals surface area contributed by atoms with Gasteiger partial charge in [-0.3, -0.25) is 9.59 Å². The van der Waals surface area contributed by atoms with E-state index in [0.717, 1.165) is 5.56 Å². The van der Waals surface area contributed by atoms with Crippen molar-refractivity contribution in [2.45, 2.75) is 54.1 Å². The van der Waals surface area contributed by atoms with Crippen LogP contribution < -0.4 is 0 Å². The van der Waals surface area contributed by atoms with Gasteiger partial charge in [-0.25, -0.2) is 9.18 Å². The fourth-order valence-corrected chi connectivity index (χ4v) is 3.70. The Kier molecular flexibility index (Phi) is 7.76. The molecule has 7 heteroatoms. The number of esters is 1. The summed E-state index contributed by atoms with van der Waals surface area (Å²) < 4.78 is 20.1. The van der Waals surface area contributed by atoms with Crippen molar-refractivity contribution in [1.82, 2.24) is 9.47 Å². The van der Waals surface area contributed by atoms with Crippen LogP contribution in [0, 0.1) is 25.6 Å². The standard InChI is InChI=1S/C24H31FN2O4/c1-8-31-24(30)21-15(4)20(16(5)26(21)7)22(28)17(6)27(23(29)14(2)3)13-18-9-11-19(25)12-10-18/h9-12,14,17H,8,13H2,1-7H3. The number of aromatic nitrogens is 1. The maximum absolute atomic E-state index is 13.5. The molecule has 1 unspecified atom stereocenters. The Morgan fingerprint density at radius 2 is 1.68 bits per heavy atom. The Balaban J connectivity index is 2.45. The SMILES string of the molecule is CCOC(=O)c1c(C)c(C(=O)C(C)N(Cc2ccc(F)cc2)C(=O)C(C)C)c(C)n1C. The van der Waals surface area contributed by atoms with Gasteiger partial charge in [-0.1, -0.05) is 26.0 Å². The normalized spacial score (nSPS) is 12.0. The van der Waals surface area contributed by atoms with Crippen molar-refractivity contribution in [2.24, 2.45) is 13.0 Å². The fourth-order valence-electron chi connectivity index (χ4n) is 3.70. The molecule has 0 aliphatic heterocycles. The lowest BCUT2D eigenvalue weighted by Gasteiger charge is -2.30. The van der Waals surface area contributed by atoms with Gasteiger partial charge in [0, 0.05) is 30.8 Å². The lowest BCUT2D eigenvalue weighted by atomic mass is 9.98. The van der Waals surface area contributed by atoms with Crippen LogP contribution in [0.5, 0.6) is 0 Å². The Labute approximate surface area is 183 Å². The first kappa shape index (κ1) is 24.3. The number of hydrogen-bond donors (Lipinski definition) is 0. The van der Waals surface area contributed by atoms with E-state index in [1.54, 1.807) is 65.3 Å². The summed E-state index contributed by atoms with van der Waals surface area (Å²) in [5.74, 6) is -1.60. The highest BCUT2D eigenvalue weighted by atomic mass is 19.1. The predicted molar refractivity (Wildman–Crippen MR) is 116 cm³/mol. The van der Waals surface area contributed by atoms with Crippen LogP contribution >= 0.6 is 0 Å². The minimum absolute atomic E-state index is 0.179. The highest BCUT2D eigenvalue weighted by Crippen LogP contribution is 2.26. The Morgan fingerprint density at radius 1 is 1.10 bits per heavy atom. The molecule has 1 aromatic heterocycles. The van der Waals surface area contributed by atoms with E-state index < -0.39 is 12.0 Å². The molecule has 1 heterocycles. The van der Waals surface area contributed by atoms with Crippen molar-refractivity contribution in [3.05, 3.63) is 58.2 Å². The minimum atomic E-state index is -0.769. The van der Waals surface area contributed by atoms with E-state index in [0.29, 0.717) is 22.5 Å². The number of carbonyl (C=O) groups excluding carboxylic acids is 3. The summed E-state index contributed by atoms with van der Waals surface area (Å²) in [7, 11) is 1.71. The zero-order valence-corrected chi connectivity index (χ0v) is 19.3. The molecular weight excluding hydrogens is 399 g/mol. The summed E-state index contributed by atoms with van der Waals surface area (Å²) in [6.07, 6.45) is 0. The molecule has 0 aliphatic rings. The minimum Gasteiger partial charge on any atom is -0.461 e. The zero-order valence-electron chi connectivity index (χ0n) is 19.3. The number of amides is 1. The van der Waals surface area contributed by atoms with Crippen LogP contribution in [0.2, 0.25) is 0 Å². The predicted octanol–water partition coefficient (Wildman–Crippen LogP) is 4.21. The molecule has 0 saturated carbocycles. The molecule has 1 atom stereocenters. The maximum Gasteiger partial charge on any atom is 0.355 e. The Bertz CT molecular complexity index is 976. The van der Waals surface area contributed by atoms with Crippen molar-refractivity contribution in [2.75, 3.05) is 6.61 Å². The van der Waals surface area contributed by atoms with Gasteiger partial charge < -0.3 is 14.2 Å². The molecule has 1 amide bonds. The highest BCUT2D eigenvalue weighted by Gasteiger charge is 2.33. The average Bonchev–Trinajstić information content (AvgIpc) is 2.94. The summed E-state index contributed by atoms with van der Waals surface area (Å²) in [6, 6.07) is 5.10. The molecule has 31 heavy (non-hydrogen) atoms. The molecule has 0 spiro atoms. The smallest absolute Gasteiger partial charge is 0.355 e. The van der Waals surface area contributed by atoms with Crippen LogP contribution in [0.3, 0.4) is 0 Å². The lowest BCUT2D eigenvalue weighted by Crippen LogP contribution is -2.44. The van der Waals surface area contributed by atoms with Crippen molar-refractivity contribution in [3.63, 3.8) is 0 Å². The Morgan fingerprint density at radius 3 is 2.19 bits per heavy atom. The van der Waals surface area contributed by atoms with Crippen LogP contribution in [0.4, 0.5) is 4.39 Å². The maximum atomic E-state index is 13.5. The first-order chi connectivity index (χ1) is 14.5. The first-order valence-electron chi connectivity index (χ1n) is 10.4. The van der Waals surface area contributed by atoms with Gasteiger partial charge in [0.25, 0.3) is 0 Å². The summed E-state index contributed by atoms with van der Waals surface area (Å²) in [5.41, 5.74) is 2.64. The van der Waals surface area contributed by atoms with Crippen LogP contribution in [0.15, 0.2) is 24.3 Å². The van der Waals surface area contributed by atoms with Crippen LogP contribution in [-0.2, 0) is 23.1 Å². The third-order valence-corrected chi connectivity index (χ3v) is 5.54. The van der Waals surface area contributed by atoms with E-state index in [1.165, 1.54) is 17.0 Å². The molecule has 6 nitrogen and oxygen atoms in total. The number of nitrogens with zero attached hydrogens (tertiary/aromatic N) is 2. The number of halogens is 1. The second kappa shape index (κ2) is 9.90. The highest BCUT2D eigenvalue weighted by molar-refractivity contribution is 6.06. The van der Waals surface area contributed by atoms with Gasteiger partial charge in [0.1, 0.15) is 11.5 Å². The van der Waals surface area contributed by atoms with Crippen LogP contribution in [-0.4, -0.2) is 39.8 Å². The van der Waals surface area contributed by atoms with Gasteiger partial charge in [0.05, 0.1) is 12.6 Å². The lowest BCUT2D eigenvalue weighted by molar-refractivity contribution is -0.136. The van der Waals surface area contributed by atoms with E-state index in [1.807, 2.05) is 0 Å². The summed E-state index contributed by atoms with van der Waals surface area (Å²) in [4.78, 5) is 40.4.